The van der Waals surface area contributed by atoms with Gasteiger partial charge in [0.1, 0.15) is 0 Å². The second-order valence-corrected chi connectivity index (χ2v) is 3.43. The van der Waals surface area contributed by atoms with Crippen LogP contribution in [0.1, 0.15) is 12.8 Å². The van der Waals surface area contributed by atoms with Crippen molar-refractivity contribution in [2.24, 2.45) is 5.92 Å². The maximum Gasteiger partial charge on any atom is 0.331 e. The summed E-state index contributed by atoms with van der Waals surface area (Å²) < 4.78 is 0. The van der Waals surface area contributed by atoms with Crippen molar-refractivity contribution in [3.63, 3.8) is 0 Å². The number of rotatable bonds is 2. The molecule has 0 aliphatic carbocycles. The summed E-state index contributed by atoms with van der Waals surface area (Å²) >= 11 is 0. The third kappa shape index (κ3) is 2.08. The van der Waals surface area contributed by atoms with Gasteiger partial charge in [0, 0.05) is 18.0 Å². The summed E-state index contributed by atoms with van der Waals surface area (Å²) in [5.41, 5.74) is 0.363. The predicted molar refractivity (Wildman–Crippen MR) is 47.0 cm³/mol. The third-order valence-electron chi connectivity index (χ3n) is 2.39. The van der Waals surface area contributed by atoms with E-state index in [9.17, 15) is 4.79 Å². The molecule has 1 aliphatic rings. The quantitative estimate of drug-likeness (QED) is 0.626. The number of piperidine rings is 1. The van der Waals surface area contributed by atoms with Gasteiger partial charge < -0.3 is 10.0 Å². The Hall–Kier alpha value is -0.830. The number of carbonyl (C=O) groups is 1. The van der Waals surface area contributed by atoms with E-state index in [4.69, 9.17) is 5.11 Å². The molecule has 3 nitrogen and oxygen atoms in total. The molecule has 1 fully saturated rings. The predicted octanol–water partition coefficient (Wildman–Crippen LogP) is 0.969. The first-order chi connectivity index (χ1) is 5.61. The number of nitrogens with zero attached hydrogens (tertiary/aromatic N) is 1. The lowest BCUT2D eigenvalue weighted by atomic mass is 9.92. The highest BCUT2D eigenvalue weighted by molar-refractivity contribution is 5.86. The van der Waals surface area contributed by atoms with Gasteiger partial charge in [0.05, 0.1) is 0 Å². The fourth-order valence-corrected chi connectivity index (χ4v) is 1.63. The van der Waals surface area contributed by atoms with Crippen molar-refractivity contribution < 1.29 is 9.90 Å². The molecule has 1 rings (SSSR count). The van der Waals surface area contributed by atoms with Crippen molar-refractivity contribution in [2.75, 3.05) is 20.1 Å². The Bertz CT molecular complexity index is 201. The van der Waals surface area contributed by atoms with Crippen molar-refractivity contribution in [3.8, 4) is 0 Å². The van der Waals surface area contributed by atoms with Crippen LogP contribution in [0.3, 0.4) is 0 Å². The lowest BCUT2D eigenvalue weighted by Crippen LogP contribution is -2.34. The molecule has 0 spiro atoms. The molecule has 0 aromatic rings. The van der Waals surface area contributed by atoms with Gasteiger partial charge in [-0.2, -0.15) is 0 Å². The standard InChI is InChI=1S/C9H15NO2/c1-7(9(11)12)8-4-3-5-10(2)6-8/h8H,1,3-6H2,2H3,(H,11,12). The molecule has 1 heterocycles. The van der Waals surface area contributed by atoms with Crippen LogP contribution in [-0.4, -0.2) is 36.1 Å². The van der Waals surface area contributed by atoms with Crippen molar-refractivity contribution in [1.82, 2.24) is 4.90 Å². The Morgan fingerprint density at radius 1 is 1.67 bits per heavy atom. The number of carboxylic acid groups (broad SMARTS) is 1. The highest BCUT2D eigenvalue weighted by atomic mass is 16.4. The largest absolute Gasteiger partial charge is 0.478 e. The van der Waals surface area contributed by atoms with Crippen LogP contribution in [0.4, 0.5) is 0 Å². The molecule has 12 heavy (non-hydrogen) atoms. The van der Waals surface area contributed by atoms with Gasteiger partial charge >= 0.3 is 5.97 Å². The maximum atomic E-state index is 10.6. The Labute approximate surface area is 72.7 Å². The van der Waals surface area contributed by atoms with Crippen LogP contribution in [-0.2, 0) is 4.79 Å². The fraction of sp³-hybridized carbons (Fsp3) is 0.667. The zero-order valence-corrected chi connectivity index (χ0v) is 7.42. The number of aliphatic carboxylic acids is 1. The second-order valence-electron chi connectivity index (χ2n) is 3.43. The van der Waals surface area contributed by atoms with Crippen LogP contribution in [0.5, 0.6) is 0 Å². The van der Waals surface area contributed by atoms with Gasteiger partial charge in [0.25, 0.3) is 0 Å². The molecule has 0 aromatic heterocycles. The second kappa shape index (κ2) is 3.72. The zero-order chi connectivity index (χ0) is 9.14. The average Bonchev–Trinajstić information content (AvgIpc) is 2.03. The summed E-state index contributed by atoms with van der Waals surface area (Å²) in [6, 6.07) is 0. The van der Waals surface area contributed by atoms with Crippen LogP contribution in [0.25, 0.3) is 0 Å². The van der Waals surface area contributed by atoms with Crippen molar-refractivity contribution in [1.29, 1.82) is 0 Å². The van der Waals surface area contributed by atoms with E-state index in [2.05, 4.69) is 11.5 Å². The SMILES string of the molecule is C=C(C(=O)O)C1CCCN(C)C1. The normalized spacial score (nSPS) is 25.2. The lowest BCUT2D eigenvalue weighted by molar-refractivity contribution is -0.133. The number of hydrogen-bond donors (Lipinski definition) is 1. The number of carboxylic acids is 1. The molecule has 0 saturated carbocycles. The van der Waals surface area contributed by atoms with Gasteiger partial charge in [0.2, 0.25) is 0 Å². The van der Waals surface area contributed by atoms with Gasteiger partial charge in [-0.25, -0.2) is 4.79 Å². The summed E-state index contributed by atoms with van der Waals surface area (Å²) in [4.78, 5) is 12.7. The van der Waals surface area contributed by atoms with Crippen molar-refractivity contribution in [2.45, 2.75) is 12.8 Å². The molecular weight excluding hydrogens is 154 g/mol. The van der Waals surface area contributed by atoms with Crippen LogP contribution in [0, 0.1) is 5.92 Å². The van der Waals surface area contributed by atoms with Crippen LogP contribution < -0.4 is 0 Å². The molecule has 0 bridgehead atoms. The van der Waals surface area contributed by atoms with Crippen molar-refractivity contribution in [3.05, 3.63) is 12.2 Å². The Morgan fingerprint density at radius 2 is 2.33 bits per heavy atom. The number of hydrogen-bond acceptors (Lipinski definition) is 2. The minimum Gasteiger partial charge on any atom is -0.478 e. The topological polar surface area (TPSA) is 40.5 Å². The van der Waals surface area contributed by atoms with E-state index >= 15 is 0 Å². The first-order valence-corrected chi connectivity index (χ1v) is 4.22. The van der Waals surface area contributed by atoms with Crippen molar-refractivity contribution >= 4 is 5.97 Å². The van der Waals surface area contributed by atoms with Gasteiger partial charge in [-0.15, -0.1) is 0 Å². The molecule has 0 radical (unpaired) electrons. The average molecular weight is 169 g/mol. The summed E-state index contributed by atoms with van der Waals surface area (Å²) in [6.45, 7) is 5.50. The van der Waals surface area contributed by atoms with Crippen LogP contribution in [0.15, 0.2) is 12.2 Å². The van der Waals surface area contributed by atoms with E-state index < -0.39 is 5.97 Å². The molecule has 1 saturated heterocycles. The Kier molecular flexibility index (Phi) is 2.87. The zero-order valence-electron chi connectivity index (χ0n) is 7.42. The molecule has 0 amide bonds. The van der Waals surface area contributed by atoms with Gasteiger partial charge in [-0.1, -0.05) is 6.58 Å². The molecule has 1 unspecified atom stereocenters. The molecule has 0 aromatic carbocycles. The monoisotopic (exact) mass is 169 g/mol. The third-order valence-corrected chi connectivity index (χ3v) is 2.39. The summed E-state index contributed by atoms with van der Waals surface area (Å²) in [5, 5.41) is 8.70. The highest BCUT2D eigenvalue weighted by Crippen LogP contribution is 2.21. The smallest absolute Gasteiger partial charge is 0.331 e. The van der Waals surface area contributed by atoms with E-state index in [0.717, 1.165) is 25.9 Å². The Balaban J connectivity index is 2.51. The fourth-order valence-electron chi connectivity index (χ4n) is 1.63. The van der Waals surface area contributed by atoms with E-state index in [1.807, 2.05) is 7.05 Å². The van der Waals surface area contributed by atoms with Gasteiger partial charge in [-0.05, 0) is 26.4 Å². The molecule has 68 valence electrons. The molecule has 1 N–H and O–H groups in total. The van der Waals surface area contributed by atoms with E-state index in [1.165, 1.54) is 0 Å². The van der Waals surface area contributed by atoms with Crippen LogP contribution >= 0.6 is 0 Å². The van der Waals surface area contributed by atoms with E-state index in [-0.39, 0.29) is 5.92 Å². The van der Waals surface area contributed by atoms with Crippen LogP contribution in [0.2, 0.25) is 0 Å². The maximum absolute atomic E-state index is 10.6. The summed E-state index contributed by atoms with van der Waals surface area (Å²) in [7, 11) is 2.02. The first-order valence-electron chi connectivity index (χ1n) is 4.22. The highest BCUT2D eigenvalue weighted by Gasteiger charge is 2.22. The van der Waals surface area contributed by atoms with E-state index in [0.29, 0.717) is 5.57 Å². The summed E-state index contributed by atoms with van der Waals surface area (Å²) in [6.07, 6.45) is 2.04. The molecule has 1 atom stereocenters. The number of likely N-dealkylation sites (tertiary alicyclic amines) is 1. The molecule has 3 heteroatoms. The lowest BCUT2D eigenvalue weighted by Gasteiger charge is -2.29. The minimum atomic E-state index is -0.852. The van der Waals surface area contributed by atoms with Gasteiger partial charge in [-0.3, -0.25) is 0 Å². The molecular formula is C9H15NO2. The minimum absolute atomic E-state index is 0.154. The van der Waals surface area contributed by atoms with E-state index in [1.54, 1.807) is 0 Å². The summed E-state index contributed by atoms with van der Waals surface area (Å²) in [5.74, 6) is -0.698. The van der Waals surface area contributed by atoms with Gasteiger partial charge in [0.15, 0.2) is 0 Å². The Morgan fingerprint density at radius 3 is 2.83 bits per heavy atom. The first kappa shape index (κ1) is 9.26. The molecule has 1 aliphatic heterocycles.